The first-order chi connectivity index (χ1) is 19.6. The van der Waals surface area contributed by atoms with Crippen molar-refractivity contribution < 1.29 is 27.5 Å². The number of amides is 2. The van der Waals surface area contributed by atoms with Crippen molar-refractivity contribution in [2.75, 3.05) is 31.6 Å². The Labute approximate surface area is 250 Å². The molecule has 0 aliphatic rings. The van der Waals surface area contributed by atoms with Crippen LogP contribution in [0, 0.1) is 0 Å². The van der Waals surface area contributed by atoms with Crippen LogP contribution in [0.5, 0.6) is 11.5 Å². The van der Waals surface area contributed by atoms with E-state index in [2.05, 4.69) is 21.2 Å². The predicted molar refractivity (Wildman–Crippen MR) is 163 cm³/mol. The van der Waals surface area contributed by atoms with Gasteiger partial charge in [0.05, 0.1) is 24.8 Å². The molecule has 0 heterocycles. The summed E-state index contributed by atoms with van der Waals surface area (Å²) in [5, 5.41) is 2.88. The quantitative estimate of drug-likeness (QED) is 0.248. The molecule has 3 aromatic carbocycles. The second-order valence-electron chi connectivity index (χ2n) is 9.33. The average Bonchev–Trinajstić information content (AvgIpc) is 2.98. The SMILES string of the molecule is CCCCNC(=O)C(C)N(Cc1cccc(Br)c1)C(=O)CN(c1ccccc1OC)S(=O)(=O)c1ccc(OC)cc1. The average molecular weight is 647 g/mol. The highest BCUT2D eigenvalue weighted by molar-refractivity contribution is 9.10. The molecular weight excluding hydrogens is 610 g/mol. The smallest absolute Gasteiger partial charge is 0.264 e. The van der Waals surface area contributed by atoms with E-state index in [1.807, 2.05) is 31.2 Å². The van der Waals surface area contributed by atoms with E-state index in [0.717, 1.165) is 27.2 Å². The Bertz CT molecular complexity index is 1430. The second kappa shape index (κ2) is 14.9. The summed E-state index contributed by atoms with van der Waals surface area (Å²) in [7, 11) is -1.32. The van der Waals surface area contributed by atoms with Gasteiger partial charge in [-0.05, 0) is 67.4 Å². The molecule has 3 rings (SSSR count). The number of rotatable bonds is 14. The van der Waals surface area contributed by atoms with Gasteiger partial charge in [0.1, 0.15) is 24.1 Å². The lowest BCUT2D eigenvalue weighted by Crippen LogP contribution is -2.51. The normalized spacial score (nSPS) is 11.8. The van der Waals surface area contributed by atoms with E-state index in [1.165, 1.54) is 43.4 Å². The van der Waals surface area contributed by atoms with Gasteiger partial charge < -0.3 is 19.7 Å². The minimum absolute atomic E-state index is 0.0269. The van der Waals surface area contributed by atoms with Gasteiger partial charge in [-0.15, -0.1) is 0 Å². The van der Waals surface area contributed by atoms with Crippen LogP contribution in [0.15, 0.2) is 82.2 Å². The monoisotopic (exact) mass is 645 g/mol. The standard InChI is InChI=1S/C30H36BrN3O6S/c1-5-6-18-32-30(36)22(2)33(20-23-10-9-11-24(31)19-23)29(35)21-34(27-12-7-8-13-28(27)40-4)41(37,38)26-16-14-25(39-3)15-17-26/h7-17,19,22H,5-6,18,20-21H2,1-4H3,(H,32,36). The molecule has 0 aromatic heterocycles. The first-order valence-corrected chi connectivity index (χ1v) is 15.5. The van der Waals surface area contributed by atoms with Crippen LogP contribution in [-0.4, -0.2) is 58.5 Å². The zero-order valence-corrected chi connectivity index (χ0v) is 26.1. The van der Waals surface area contributed by atoms with Gasteiger partial charge in [-0.3, -0.25) is 13.9 Å². The van der Waals surface area contributed by atoms with Gasteiger partial charge in [-0.25, -0.2) is 8.42 Å². The molecule has 0 spiro atoms. The number of halogens is 1. The molecule has 1 atom stereocenters. The zero-order valence-electron chi connectivity index (χ0n) is 23.7. The maximum absolute atomic E-state index is 14.0. The van der Waals surface area contributed by atoms with Crippen LogP contribution in [0.4, 0.5) is 5.69 Å². The van der Waals surface area contributed by atoms with E-state index in [4.69, 9.17) is 9.47 Å². The lowest BCUT2D eigenvalue weighted by molar-refractivity contribution is -0.139. The molecule has 0 fully saturated rings. The van der Waals surface area contributed by atoms with Crippen LogP contribution in [0.25, 0.3) is 0 Å². The number of ether oxygens (including phenoxy) is 2. The number of hydrogen-bond acceptors (Lipinski definition) is 6. The highest BCUT2D eigenvalue weighted by Crippen LogP contribution is 2.33. The Kier molecular flexibility index (Phi) is 11.6. The van der Waals surface area contributed by atoms with Crippen molar-refractivity contribution in [3.8, 4) is 11.5 Å². The topological polar surface area (TPSA) is 105 Å². The highest BCUT2D eigenvalue weighted by Gasteiger charge is 2.33. The summed E-state index contributed by atoms with van der Waals surface area (Å²) in [4.78, 5) is 28.5. The maximum atomic E-state index is 14.0. The van der Waals surface area contributed by atoms with Crippen molar-refractivity contribution in [3.63, 3.8) is 0 Å². The number of hydrogen-bond donors (Lipinski definition) is 1. The third-order valence-electron chi connectivity index (χ3n) is 6.52. The molecule has 41 heavy (non-hydrogen) atoms. The molecule has 0 saturated heterocycles. The van der Waals surface area contributed by atoms with Gasteiger partial charge in [0.25, 0.3) is 10.0 Å². The summed E-state index contributed by atoms with van der Waals surface area (Å²) in [6.07, 6.45) is 1.71. The largest absolute Gasteiger partial charge is 0.497 e. The Hall–Kier alpha value is -3.57. The zero-order chi connectivity index (χ0) is 30.0. The number of nitrogens with zero attached hydrogens (tertiary/aromatic N) is 2. The number of anilines is 1. The van der Waals surface area contributed by atoms with Crippen LogP contribution in [0.2, 0.25) is 0 Å². The van der Waals surface area contributed by atoms with E-state index in [1.54, 1.807) is 31.2 Å². The Morgan fingerprint density at radius 1 is 0.976 bits per heavy atom. The fourth-order valence-corrected chi connectivity index (χ4v) is 6.05. The first-order valence-electron chi connectivity index (χ1n) is 13.2. The lowest BCUT2D eigenvalue weighted by Gasteiger charge is -2.32. The molecule has 0 aliphatic carbocycles. The maximum Gasteiger partial charge on any atom is 0.264 e. The van der Waals surface area contributed by atoms with Crippen LogP contribution in [-0.2, 0) is 26.2 Å². The predicted octanol–water partition coefficient (Wildman–Crippen LogP) is 5.00. The molecule has 0 bridgehead atoms. The second-order valence-corrected chi connectivity index (χ2v) is 12.1. The molecule has 220 valence electrons. The van der Waals surface area contributed by atoms with Gasteiger partial charge >= 0.3 is 0 Å². The fourth-order valence-electron chi connectivity index (χ4n) is 4.17. The van der Waals surface area contributed by atoms with Gasteiger partial charge in [-0.2, -0.15) is 0 Å². The van der Waals surface area contributed by atoms with Crippen molar-refractivity contribution in [1.82, 2.24) is 10.2 Å². The molecule has 11 heteroatoms. The third-order valence-corrected chi connectivity index (χ3v) is 8.79. The number of para-hydroxylation sites is 2. The molecule has 9 nitrogen and oxygen atoms in total. The number of nitrogens with one attached hydrogen (secondary N) is 1. The highest BCUT2D eigenvalue weighted by atomic mass is 79.9. The molecule has 3 aromatic rings. The Balaban J connectivity index is 2.04. The van der Waals surface area contributed by atoms with Crippen LogP contribution < -0.4 is 19.1 Å². The van der Waals surface area contributed by atoms with Gasteiger partial charge in [0, 0.05) is 17.6 Å². The Morgan fingerprint density at radius 3 is 2.32 bits per heavy atom. The van der Waals surface area contributed by atoms with E-state index in [9.17, 15) is 18.0 Å². The van der Waals surface area contributed by atoms with Crippen LogP contribution >= 0.6 is 15.9 Å². The summed E-state index contributed by atoms with van der Waals surface area (Å²) < 4.78 is 40.5. The van der Waals surface area contributed by atoms with Crippen molar-refractivity contribution in [2.24, 2.45) is 0 Å². The van der Waals surface area contributed by atoms with Crippen LogP contribution in [0.1, 0.15) is 32.3 Å². The lowest BCUT2D eigenvalue weighted by atomic mass is 10.1. The van der Waals surface area contributed by atoms with Gasteiger partial charge in [-0.1, -0.05) is 53.5 Å². The van der Waals surface area contributed by atoms with Crippen LogP contribution in [0.3, 0.4) is 0 Å². The molecular formula is C30H36BrN3O6S. The minimum atomic E-state index is -4.24. The van der Waals surface area contributed by atoms with E-state index in [0.29, 0.717) is 12.3 Å². The van der Waals surface area contributed by atoms with Gasteiger partial charge in [0.2, 0.25) is 11.8 Å². The number of carbonyl (C=O) groups is 2. The van der Waals surface area contributed by atoms with Gasteiger partial charge in [0.15, 0.2) is 0 Å². The molecule has 0 saturated carbocycles. The summed E-state index contributed by atoms with van der Waals surface area (Å²) in [6.45, 7) is 3.69. The number of benzene rings is 3. The van der Waals surface area contributed by atoms with E-state index >= 15 is 0 Å². The summed E-state index contributed by atoms with van der Waals surface area (Å²) in [6, 6.07) is 19.0. The summed E-state index contributed by atoms with van der Waals surface area (Å²) in [5.41, 5.74) is 0.976. The number of methoxy groups -OCH3 is 2. The van der Waals surface area contributed by atoms with Crippen molar-refractivity contribution in [2.45, 2.75) is 44.2 Å². The molecule has 0 aliphatic heterocycles. The first kappa shape index (κ1) is 32.0. The number of sulfonamides is 1. The van der Waals surface area contributed by atoms with Crippen molar-refractivity contribution >= 4 is 43.5 Å². The minimum Gasteiger partial charge on any atom is -0.497 e. The molecule has 1 N–H and O–H groups in total. The summed E-state index contributed by atoms with van der Waals surface area (Å²) >= 11 is 3.45. The van der Waals surface area contributed by atoms with Crippen molar-refractivity contribution in [1.29, 1.82) is 0 Å². The third kappa shape index (κ3) is 8.23. The number of carbonyl (C=O) groups excluding carboxylic acids is 2. The fraction of sp³-hybridized carbons (Fsp3) is 0.333. The molecule has 2 amide bonds. The van der Waals surface area contributed by atoms with Crippen molar-refractivity contribution in [3.05, 3.63) is 82.8 Å². The molecule has 0 radical (unpaired) electrons. The van der Waals surface area contributed by atoms with E-state index < -0.39 is 28.5 Å². The molecule has 1 unspecified atom stereocenters. The Morgan fingerprint density at radius 2 is 1.68 bits per heavy atom. The van der Waals surface area contributed by atoms with E-state index in [-0.39, 0.29) is 28.8 Å². The number of unbranched alkanes of at least 4 members (excludes halogenated alkanes) is 1. The summed E-state index contributed by atoms with van der Waals surface area (Å²) in [5.74, 6) is -0.0944.